The Labute approximate surface area is 105 Å². The number of ether oxygens (including phenoxy) is 1. The van der Waals surface area contributed by atoms with Gasteiger partial charge in [0.1, 0.15) is 17.7 Å². The van der Waals surface area contributed by atoms with E-state index in [-0.39, 0.29) is 28.6 Å². The third kappa shape index (κ3) is 2.87. The lowest BCUT2D eigenvalue weighted by Crippen LogP contribution is -2.19. The van der Waals surface area contributed by atoms with Gasteiger partial charge in [0.25, 0.3) is 0 Å². The van der Waals surface area contributed by atoms with Crippen LogP contribution >= 0.6 is 0 Å². The summed E-state index contributed by atoms with van der Waals surface area (Å²) in [6.45, 7) is 1.31. The van der Waals surface area contributed by atoms with Gasteiger partial charge in [0.2, 0.25) is 0 Å². The molecule has 0 radical (unpaired) electrons. The van der Waals surface area contributed by atoms with E-state index in [1.165, 1.54) is 19.1 Å². The van der Waals surface area contributed by atoms with Gasteiger partial charge in [-0.05, 0) is 31.5 Å². The quantitative estimate of drug-likeness (QED) is 0.784. The first kappa shape index (κ1) is 13.0. The molecule has 1 saturated heterocycles. The molecule has 0 amide bonds. The van der Waals surface area contributed by atoms with Crippen molar-refractivity contribution in [3.63, 3.8) is 0 Å². The minimum absolute atomic E-state index is 0.0538. The van der Waals surface area contributed by atoms with Crippen molar-refractivity contribution in [3.8, 4) is 5.75 Å². The fourth-order valence-corrected chi connectivity index (χ4v) is 3.50. The van der Waals surface area contributed by atoms with Crippen molar-refractivity contribution in [2.45, 2.75) is 19.4 Å². The zero-order valence-corrected chi connectivity index (χ0v) is 10.7. The summed E-state index contributed by atoms with van der Waals surface area (Å²) in [4.78, 5) is 11.4. The van der Waals surface area contributed by atoms with Crippen LogP contribution in [0.3, 0.4) is 0 Å². The van der Waals surface area contributed by atoms with Crippen molar-refractivity contribution >= 4 is 15.6 Å². The van der Waals surface area contributed by atoms with Crippen LogP contribution in [0.4, 0.5) is 4.39 Å². The minimum Gasteiger partial charge on any atom is -0.489 e. The Morgan fingerprint density at radius 2 is 2.17 bits per heavy atom. The van der Waals surface area contributed by atoms with E-state index >= 15 is 0 Å². The lowest BCUT2D eigenvalue weighted by atomic mass is 10.1. The molecule has 98 valence electrons. The molecular weight excluding hydrogens is 259 g/mol. The molecule has 6 heteroatoms. The Morgan fingerprint density at radius 3 is 2.72 bits per heavy atom. The van der Waals surface area contributed by atoms with Crippen LogP contribution in [0.5, 0.6) is 5.75 Å². The van der Waals surface area contributed by atoms with Gasteiger partial charge in [0, 0.05) is 0 Å². The molecule has 1 aliphatic heterocycles. The standard InChI is InChI=1S/C12H13FO4S/c1-8(14)11-6-9(13)2-3-12(11)17-10-4-5-18(15,16)7-10/h2-3,6,10H,4-5,7H2,1H3. The van der Waals surface area contributed by atoms with Gasteiger partial charge in [0.05, 0.1) is 17.1 Å². The van der Waals surface area contributed by atoms with Crippen molar-refractivity contribution in [1.29, 1.82) is 0 Å². The summed E-state index contributed by atoms with van der Waals surface area (Å²) in [6, 6.07) is 3.64. The normalized spacial score (nSPS) is 21.8. The molecule has 1 aromatic rings. The molecule has 0 aliphatic carbocycles. The third-order valence-corrected chi connectivity index (χ3v) is 4.54. The second-order valence-electron chi connectivity index (χ2n) is 4.34. The first-order chi connectivity index (χ1) is 8.37. The molecule has 1 atom stereocenters. The summed E-state index contributed by atoms with van der Waals surface area (Å²) < 4.78 is 41.1. The topological polar surface area (TPSA) is 60.4 Å². The van der Waals surface area contributed by atoms with Crippen molar-refractivity contribution < 1.29 is 22.3 Å². The predicted octanol–water partition coefficient (Wildman–Crippen LogP) is 1.59. The molecular formula is C12H13FO4S. The molecule has 4 nitrogen and oxygen atoms in total. The summed E-state index contributed by atoms with van der Waals surface area (Å²) in [5.74, 6) is -0.557. The molecule has 1 heterocycles. The van der Waals surface area contributed by atoms with Gasteiger partial charge >= 0.3 is 0 Å². The Kier molecular flexibility index (Phi) is 3.38. The average Bonchev–Trinajstić information content (AvgIpc) is 2.60. The number of carbonyl (C=O) groups is 1. The number of carbonyl (C=O) groups excluding carboxylic acids is 1. The smallest absolute Gasteiger partial charge is 0.163 e. The van der Waals surface area contributed by atoms with E-state index in [4.69, 9.17) is 4.74 Å². The van der Waals surface area contributed by atoms with E-state index < -0.39 is 21.8 Å². The summed E-state index contributed by atoms with van der Waals surface area (Å²) >= 11 is 0. The van der Waals surface area contributed by atoms with Gasteiger partial charge in [-0.1, -0.05) is 0 Å². The Balaban J connectivity index is 2.22. The first-order valence-corrected chi connectivity index (χ1v) is 7.37. The molecule has 1 aliphatic rings. The number of hydrogen-bond donors (Lipinski definition) is 0. The molecule has 0 spiro atoms. The van der Waals surface area contributed by atoms with Gasteiger partial charge in [-0.25, -0.2) is 12.8 Å². The zero-order valence-electron chi connectivity index (χ0n) is 9.85. The van der Waals surface area contributed by atoms with Gasteiger partial charge in [-0.3, -0.25) is 4.79 Å². The van der Waals surface area contributed by atoms with Crippen LogP contribution in [-0.4, -0.2) is 31.8 Å². The second kappa shape index (κ2) is 4.68. The fourth-order valence-electron chi connectivity index (χ4n) is 1.91. The zero-order chi connectivity index (χ0) is 13.3. The van der Waals surface area contributed by atoms with Crippen LogP contribution in [-0.2, 0) is 9.84 Å². The van der Waals surface area contributed by atoms with E-state index in [1.807, 2.05) is 0 Å². The highest BCUT2D eigenvalue weighted by Crippen LogP contribution is 2.24. The van der Waals surface area contributed by atoms with Gasteiger partial charge in [0.15, 0.2) is 15.6 Å². The number of halogens is 1. The summed E-state index contributed by atoms with van der Waals surface area (Å²) in [6.07, 6.45) is -0.0598. The average molecular weight is 272 g/mol. The first-order valence-electron chi connectivity index (χ1n) is 5.55. The fraction of sp³-hybridized carbons (Fsp3) is 0.417. The van der Waals surface area contributed by atoms with Gasteiger partial charge in [-0.15, -0.1) is 0 Å². The minimum atomic E-state index is -3.04. The number of ketones is 1. The van der Waals surface area contributed by atoms with Crippen LogP contribution in [0, 0.1) is 5.82 Å². The lowest BCUT2D eigenvalue weighted by Gasteiger charge is -2.14. The van der Waals surface area contributed by atoms with Crippen LogP contribution in [0.2, 0.25) is 0 Å². The van der Waals surface area contributed by atoms with E-state index in [0.717, 1.165) is 6.07 Å². The maximum Gasteiger partial charge on any atom is 0.163 e. The van der Waals surface area contributed by atoms with Crippen molar-refractivity contribution in [3.05, 3.63) is 29.6 Å². The van der Waals surface area contributed by atoms with Crippen molar-refractivity contribution in [2.75, 3.05) is 11.5 Å². The van der Waals surface area contributed by atoms with Crippen LogP contribution in [0.1, 0.15) is 23.7 Å². The summed E-state index contributed by atoms with van der Waals surface area (Å²) in [5, 5.41) is 0. The SMILES string of the molecule is CC(=O)c1cc(F)ccc1OC1CCS(=O)(=O)C1. The van der Waals surface area contributed by atoms with E-state index in [1.54, 1.807) is 0 Å². The number of Topliss-reactive ketones (excluding diaryl/α,β-unsaturated/α-hetero) is 1. The van der Waals surface area contributed by atoms with Crippen molar-refractivity contribution in [2.24, 2.45) is 0 Å². The molecule has 0 N–H and O–H groups in total. The molecule has 0 saturated carbocycles. The Morgan fingerprint density at radius 1 is 1.44 bits per heavy atom. The molecule has 0 bridgehead atoms. The maximum absolute atomic E-state index is 13.0. The molecule has 1 unspecified atom stereocenters. The van der Waals surface area contributed by atoms with Crippen LogP contribution in [0.15, 0.2) is 18.2 Å². The maximum atomic E-state index is 13.0. The van der Waals surface area contributed by atoms with Crippen LogP contribution in [0.25, 0.3) is 0 Å². The molecule has 1 fully saturated rings. The number of hydrogen-bond acceptors (Lipinski definition) is 4. The largest absolute Gasteiger partial charge is 0.489 e. The highest BCUT2D eigenvalue weighted by Gasteiger charge is 2.30. The second-order valence-corrected chi connectivity index (χ2v) is 6.57. The van der Waals surface area contributed by atoms with Gasteiger partial charge in [-0.2, -0.15) is 0 Å². The molecule has 18 heavy (non-hydrogen) atoms. The highest BCUT2D eigenvalue weighted by atomic mass is 32.2. The Bertz CT molecular complexity index is 580. The van der Waals surface area contributed by atoms with E-state index in [9.17, 15) is 17.6 Å². The third-order valence-electron chi connectivity index (χ3n) is 2.81. The predicted molar refractivity (Wildman–Crippen MR) is 64.1 cm³/mol. The monoisotopic (exact) mass is 272 g/mol. The number of benzene rings is 1. The molecule has 1 aromatic carbocycles. The summed E-state index contributed by atoms with van der Waals surface area (Å²) in [7, 11) is -3.04. The lowest BCUT2D eigenvalue weighted by molar-refractivity contribution is 0.101. The highest BCUT2D eigenvalue weighted by molar-refractivity contribution is 7.91. The number of rotatable bonds is 3. The van der Waals surface area contributed by atoms with Crippen molar-refractivity contribution in [1.82, 2.24) is 0 Å². The molecule has 0 aromatic heterocycles. The van der Waals surface area contributed by atoms with Crippen LogP contribution < -0.4 is 4.74 Å². The van der Waals surface area contributed by atoms with E-state index in [2.05, 4.69) is 0 Å². The van der Waals surface area contributed by atoms with E-state index in [0.29, 0.717) is 6.42 Å². The molecule has 2 rings (SSSR count). The summed E-state index contributed by atoms with van der Waals surface area (Å²) in [5.41, 5.74) is 0.138. The number of sulfone groups is 1. The van der Waals surface area contributed by atoms with Gasteiger partial charge < -0.3 is 4.74 Å². The Hall–Kier alpha value is -1.43.